The maximum Gasteiger partial charge on any atom is 0.300 e. The van der Waals surface area contributed by atoms with E-state index in [0.717, 1.165) is 11.1 Å². The molecule has 1 N–H and O–H groups in total. The number of halogens is 2. The number of pyridine rings is 1. The molecule has 3 aromatic rings. The maximum absolute atomic E-state index is 13.1. The number of rotatable bonds is 3. The van der Waals surface area contributed by atoms with Gasteiger partial charge in [0.2, 0.25) is 0 Å². The second kappa shape index (κ2) is 7.94. The highest BCUT2D eigenvalue weighted by Gasteiger charge is 2.47. The van der Waals surface area contributed by atoms with E-state index < -0.39 is 17.7 Å². The Kier molecular flexibility index (Phi) is 5.33. The molecule has 1 saturated heterocycles. The Hall–Kier alpha value is -3.15. The molecule has 0 aliphatic carbocycles. The fourth-order valence-electron chi connectivity index (χ4n) is 3.59. The number of aliphatic hydroxyl groups excluding tert-OH is 1. The maximum atomic E-state index is 13.1. The quantitative estimate of drug-likeness (QED) is 0.341. The van der Waals surface area contributed by atoms with Crippen molar-refractivity contribution in [2.75, 3.05) is 4.90 Å². The Labute approximate surface area is 183 Å². The summed E-state index contributed by atoms with van der Waals surface area (Å²) >= 11 is 12.2. The number of aliphatic hydroxyl groups is 1. The summed E-state index contributed by atoms with van der Waals surface area (Å²) in [5, 5.41) is 11.6. The van der Waals surface area contributed by atoms with Crippen LogP contribution < -0.4 is 4.90 Å². The molecule has 0 saturated carbocycles. The van der Waals surface area contributed by atoms with Crippen molar-refractivity contribution in [3.8, 4) is 0 Å². The highest BCUT2D eigenvalue weighted by atomic mass is 35.5. The van der Waals surface area contributed by atoms with Gasteiger partial charge in [0, 0.05) is 23.6 Å². The first-order valence-electron chi connectivity index (χ1n) is 9.12. The van der Waals surface area contributed by atoms with Gasteiger partial charge in [0.1, 0.15) is 5.76 Å². The largest absolute Gasteiger partial charge is 0.507 e. The highest BCUT2D eigenvalue weighted by molar-refractivity contribution is 6.52. The summed E-state index contributed by atoms with van der Waals surface area (Å²) in [5.41, 5.74) is 2.41. The first kappa shape index (κ1) is 20.1. The molecule has 0 bridgehead atoms. The third-order valence-corrected chi connectivity index (χ3v) is 5.80. The number of aryl methyl sites for hydroxylation is 1. The zero-order valence-corrected chi connectivity index (χ0v) is 17.4. The second-order valence-electron chi connectivity index (χ2n) is 6.86. The van der Waals surface area contributed by atoms with Gasteiger partial charge < -0.3 is 5.11 Å². The van der Waals surface area contributed by atoms with Crippen molar-refractivity contribution in [1.29, 1.82) is 0 Å². The van der Waals surface area contributed by atoms with Gasteiger partial charge in [0.25, 0.3) is 11.7 Å². The fraction of sp³-hybridized carbons (Fsp3) is 0.0870. The molecular weight excluding hydrogens is 423 g/mol. The van der Waals surface area contributed by atoms with E-state index in [-0.39, 0.29) is 16.4 Å². The number of benzene rings is 2. The molecule has 1 atom stereocenters. The normalized spacial score (nSPS) is 18.1. The topological polar surface area (TPSA) is 70.5 Å². The third kappa shape index (κ3) is 3.36. The van der Waals surface area contributed by atoms with Gasteiger partial charge in [-0.05, 0) is 48.4 Å². The molecule has 2 aromatic carbocycles. The number of carbonyl (C=O) groups is 2. The average molecular weight is 439 g/mol. The number of hydrogen-bond acceptors (Lipinski definition) is 4. The van der Waals surface area contributed by atoms with E-state index in [0.29, 0.717) is 16.3 Å². The second-order valence-corrected chi connectivity index (χ2v) is 7.67. The molecule has 1 fully saturated rings. The summed E-state index contributed by atoms with van der Waals surface area (Å²) in [5.74, 6) is -1.78. The van der Waals surface area contributed by atoms with Crippen LogP contribution in [0.5, 0.6) is 0 Å². The number of Topliss-reactive ketones (excluding diaryl/α,β-unsaturated/α-hetero) is 1. The van der Waals surface area contributed by atoms with Crippen LogP contribution in [0.25, 0.3) is 5.76 Å². The van der Waals surface area contributed by atoms with Gasteiger partial charge in [-0.3, -0.25) is 19.5 Å². The van der Waals surface area contributed by atoms with Crippen molar-refractivity contribution >= 4 is 46.3 Å². The Bertz CT molecular complexity index is 1190. The van der Waals surface area contributed by atoms with Crippen LogP contribution in [0.2, 0.25) is 10.0 Å². The Morgan fingerprint density at radius 1 is 1.00 bits per heavy atom. The molecule has 1 aliphatic heterocycles. The summed E-state index contributed by atoms with van der Waals surface area (Å²) in [7, 11) is 0. The Morgan fingerprint density at radius 2 is 1.70 bits per heavy atom. The first-order chi connectivity index (χ1) is 14.4. The third-order valence-electron chi connectivity index (χ3n) is 5.06. The number of nitrogens with zero attached hydrogens (tertiary/aromatic N) is 2. The Morgan fingerprint density at radius 3 is 2.37 bits per heavy atom. The standard InChI is InChI=1S/C23H16Cl2N2O3/c1-13-4-2-3-5-16(13)20-19(21(28)14-8-10-26-11-9-14)22(29)23(30)27(20)15-6-7-17(24)18(25)12-15/h2-12,20,28H,1H3/b21-19+. The van der Waals surface area contributed by atoms with Gasteiger partial charge in [-0.25, -0.2) is 0 Å². The number of ketones is 1. The predicted octanol–water partition coefficient (Wildman–Crippen LogP) is 5.32. The van der Waals surface area contributed by atoms with E-state index in [4.69, 9.17) is 23.2 Å². The molecular formula is C23H16Cl2N2O3. The van der Waals surface area contributed by atoms with E-state index in [1.807, 2.05) is 31.2 Å². The summed E-state index contributed by atoms with van der Waals surface area (Å²) in [4.78, 5) is 31.4. The molecule has 30 heavy (non-hydrogen) atoms. The van der Waals surface area contributed by atoms with Crippen LogP contribution in [-0.4, -0.2) is 21.8 Å². The molecule has 5 nitrogen and oxygen atoms in total. The number of aromatic nitrogens is 1. The molecule has 1 aliphatic rings. The lowest BCUT2D eigenvalue weighted by Gasteiger charge is -2.27. The van der Waals surface area contributed by atoms with Crippen LogP contribution in [0, 0.1) is 6.92 Å². The van der Waals surface area contributed by atoms with E-state index in [9.17, 15) is 14.7 Å². The monoisotopic (exact) mass is 438 g/mol. The molecule has 0 spiro atoms. The van der Waals surface area contributed by atoms with Crippen LogP contribution in [0.3, 0.4) is 0 Å². The van der Waals surface area contributed by atoms with Gasteiger partial charge >= 0.3 is 0 Å². The smallest absolute Gasteiger partial charge is 0.300 e. The predicted molar refractivity (Wildman–Crippen MR) is 117 cm³/mol. The van der Waals surface area contributed by atoms with Crippen LogP contribution >= 0.6 is 23.2 Å². The van der Waals surface area contributed by atoms with Crippen LogP contribution in [0.4, 0.5) is 5.69 Å². The number of carbonyl (C=O) groups excluding carboxylic acids is 2. The van der Waals surface area contributed by atoms with E-state index >= 15 is 0 Å². The van der Waals surface area contributed by atoms with Crippen LogP contribution in [0.1, 0.15) is 22.7 Å². The van der Waals surface area contributed by atoms with Gasteiger partial charge in [-0.1, -0.05) is 47.5 Å². The number of anilines is 1. The molecule has 0 radical (unpaired) electrons. The first-order valence-corrected chi connectivity index (χ1v) is 9.87. The van der Waals surface area contributed by atoms with Crippen molar-refractivity contribution in [3.05, 3.63) is 99.3 Å². The van der Waals surface area contributed by atoms with Crippen molar-refractivity contribution in [1.82, 2.24) is 4.98 Å². The molecule has 1 unspecified atom stereocenters. The Balaban J connectivity index is 1.99. The van der Waals surface area contributed by atoms with E-state index in [2.05, 4.69) is 4.98 Å². The van der Waals surface area contributed by atoms with E-state index in [1.165, 1.54) is 23.4 Å². The van der Waals surface area contributed by atoms with Crippen LogP contribution in [-0.2, 0) is 9.59 Å². The van der Waals surface area contributed by atoms with Crippen LogP contribution in [0.15, 0.2) is 72.6 Å². The van der Waals surface area contributed by atoms with Crippen molar-refractivity contribution < 1.29 is 14.7 Å². The summed E-state index contributed by atoms with van der Waals surface area (Å²) in [6.45, 7) is 1.89. The van der Waals surface area contributed by atoms with Gasteiger partial charge in [-0.15, -0.1) is 0 Å². The average Bonchev–Trinajstić information content (AvgIpc) is 3.01. The highest BCUT2D eigenvalue weighted by Crippen LogP contribution is 2.44. The van der Waals surface area contributed by atoms with Crippen molar-refractivity contribution in [2.24, 2.45) is 0 Å². The minimum Gasteiger partial charge on any atom is -0.507 e. The molecule has 2 heterocycles. The number of hydrogen-bond donors (Lipinski definition) is 1. The molecule has 7 heteroatoms. The summed E-state index contributed by atoms with van der Waals surface area (Å²) < 4.78 is 0. The minimum atomic E-state index is -0.823. The molecule has 4 rings (SSSR count). The number of amides is 1. The zero-order valence-electron chi connectivity index (χ0n) is 15.8. The van der Waals surface area contributed by atoms with Crippen molar-refractivity contribution in [3.63, 3.8) is 0 Å². The summed E-state index contributed by atoms with van der Waals surface area (Å²) in [6, 6.07) is 14.5. The van der Waals surface area contributed by atoms with Gasteiger partial charge in [0.15, 0.2) is 0 Å². The lowest BCUT2D eigenvalue weighted by atomic mass is 9.92. The molecule has 1 amide bonds. The van der Waals surface area contributed by atoms with Crippen molar-refractivity contribution in [2.45, 2.75) is 13.0 Å². The van der Waals surface area contributed by atoms with Gasteiger partial charge in [-0.2, -0.15) is 0 Å². The van der Waals surface area contributed by atoms with E-state index in [1.54, 1.807) is 24.3 Å². The van der Waals surface area contributed by atoms with Gasteiger partial charge in [0.05, 0.1) is 21.7 Å². The molecule has 150 valence electrons. The lowest BCUT2D eigenvalue weighted by molar-refractivity contribution is -0.132. The SMILES string of the molecule is Cc1ccccc1C1/C(=C(\O)c2ccncc2)C(=O)C(=O)N1c1ccc(Cl)c(Cl)c1. The minimum absolute atomic E-state index is 0.00609. The zero-order chi connectivity index (χ0) is 21.4. The fourth-order valence-corrected chi connectivity index (χ4v) is 3.88. The summed E-state index contributed by atoms with van der Waals surface area (Å²) in [6.07, 6.45) is 3.01. The lowest BCUT2D eigenvalue weighted by Crippen LogP contribution is -2.29. The molecule has 1 aromatic heterocycles.